The number of carbonyl (C=O) groups excluding carboxylic acids is 1. The van der Waals surface area contributed by atoms with Gasteiger partial charge in [-0.3, -0.25) is 10.1 Å². The average Bonchev–Trinajstić information content (AvgIpc) is 2.30. The van der Waals surface area contributed by atoms with Crippen molar-refractivity contribution in [2.75, 3.05) is 6.61 Å². The lowest BCUT2D eigenvalue weighted by atomic mass is 10.3. The van der Waals surface area contributed by atoms with E-state index in [-0.39, 0.29) is 18.0 Å². The van der Waals surface area contributed by atoms with Gasteiger partial charge in [0.2, 0.25) is 0 Å². The Hall–Kier alpha value is -2.15. The molecule has 1 N–H and O–H groups in total. The van der Waals surface area contributed by atoms with Crippen LogP contribution in [0.4, 0.5) is 5.69 Å². The van der Waals surface area contributed by atoms with Gasteiger partial charge in [-0.25, -0.2) is 4.79 Å². The molecule has 1 atom stereocenters. The van der Waals surface area contributed by atoms with E-state index in [4.69, 9.17) is 4.74 Å². The molecule has 0 aromatic heterocycles. The summed E-state index contributed by atoms with van der Waals surface area (Å²) in [6.07, 6.45) is -1.74. The molecule has 1 unspecified atom stereocenters. The zero-order valence-corrected chi connectivity index (χ0v) is 9.03. The van der Waals surface area contributed by atoms with Crippen molar-refractivity contribution in [2.45, 2.75) is 13.2 Å². The Morgan fingerprint density at radius 3 is 2.53 bits per heavy atom. The molecule has 0 saturated carbocycles. The number of hydrogen-bond acceptors (Lipinski definition) is 6. The van der Waals surface area contributed by atoms with E-state index in [1.165, 1.54) is 24.3 Å². The number of non-ortho nitro benzene ring substituents is 1. The lowest BCUT2D eigenvalue weighted by Gasteiger charge is -2.11. The number of nitro groups is 1. The number of nitrogens with zero attached hydrogens (tertiary/aromatic N) is 1. The van der Waals surface area contributed by atoms with E-state index in [0.717, 1.165) is 0 Å². The lowest BCUT2D eigenvalue weighted by Crippen LogP contribution is -2.28. The molecular formula is C10H11NO6. The van der Waals surface area contributed by atoms with Crippen LogP contribution in [-0.4, -0.2) is 28.9 Å². The van der Waals surface area contributed by atoms with E-state index < -0.39 is 17.2 Å². The first-order valence-electron chi connectivity index (χ1n) is 4.80. The van der Waals surface area contributed by atoms with Gasteiger partial charge in [0.15, 0.2) is 0 Å². The molecule has 0 heterocycles. The SMILES string of the molecule is CCOC(=O)C(O)Oc1ccc([N+](=O)[O-])cc1. The Kier molecular flexibility index (Phi) is 4.41. The molecule has 0 aliphatic carbocycles. The number of aliphatic hydroxyl groups excluding tert-OH is 1. The Balaban J connectivity index is 2.63. The molecular weight excluding hydrogens is 230 g/mol. The largest absolute Gasteiger partial charge is 0.461 e. The van der Waals surface area contributed by atoms with Gasteiger partial charge in [-0.15, -0.1) is 0 Å². The summed E-state index contributed by atoms with van der Waals surface area (Å²) < 4.78 is 9.34. The first kappa shape index (κ1) is 12.9. The minimum atomic E-state index is -1.74. The van der Waals surface area contributed by atoms with Gasteiger partial charge in [-0.2, -0.15) is 0 Å². The molecule has 92 valence electrons. The first-order chi connectivity index (χ1) is 8.04. The standard InChI is InChI=1S/C10H11NO6/c1-2-16-9(12)10(13)17-8-5-3-7(4-6-8)11(14)15/h3-6,10,13H,2H2,1H3. The molecule has 0 bridgehead atoms. The minimum absolute atomic E-state index is 0.108. The van der Waals surface area contributed by atoms with E-state index in [1.807, 2.05) is 0 Å². The zero-order valence-electron chi connectivity index (χ0n) is 9.03. The summed E-state index contributed by atoms with van der Waals surface area (Å²) >= 11 is 0. The Morgan fingerprint density at radius 1 is 1.47 bits per heavy atom. The number of benzene rings is 1. The van der Waals surface area contributed by atoms with Crippen LogP contribution in [0.1, 0.15) is 6.92 Å². The van der Waals surface area contributed by atoms with Crippen molar-refractivity contribution >= 4 is 11.7 Å². The van der Waals surface area contributed by atoms with Gasteiger partial charge >= 0.3 is 5.97 Å². The van der Waals surface area contributed by atoms with Gasteiger partial charge in [-0.05, 0) is 19.1 Å². The maximum atomic E-state index is 11.0. The van der Waals surface area contributed by atoms with Crippen LogP contribution < -0.4 is 4.74 Å². The van der Waals surface area contributed by atoms with E-state index in [0.29, 0.717) is 0 Å². The molecule has 1 aromatic carbocycles. The van der Waals surface area contributed by atoms with Gasteiger partial charge < -0.3 is 14.6 Å². The molecule has 0 spiro atoms. The monoisotopic (exact) mass is 241 g/mol. The normalized spacial score (nSPS) is 11.6. The molecule has 17 heavy (non-hydrogen) atoms. The second kappa shape index (κ2) is 5.80. The lowest BCUT2D eigenvalue weighted by molar-refractivity contribution is -0.384. The molecule has 0 radical (unpaired) electrons. The summed E-state index contributed by atoms with van der Waals surface area (Å²) in [5, 5.41) is 19.6. The molecule has 0 saturated heterocycles. The highest BCUT2D eigenvalue weighted by molar-refractivity contribution is 5.73. The van der Waals surface area contributed by atoms with Gasteiger partial charge in [-0.1, -0.05) is 0 Å². The summed E-state index contributed by atoms with van der Waals surface area (Å²) in [5.41, 5.74) is -0.108. The number of hydrogen-bond donors (Lipinski definition) is 1. The van der Waals surface area contributed by atoms with Crippen LogP contribution in [0.3, 0.4) is 0 Å². The van der Waals surface area contributed by atoms with Crippen LogP contribution in [0.5, 0.6) is 5.75 Å². The van der Waals surface area contributed by atoms with Crippen molar-refractivity contribution in [1.29, 1.82) is 0 Å². The summed E-state index contributed by atoms with van der Waals surface area (Å²) in [6.45, 7) is 1.72. The van der Waals surface area contributed by atoms with Crippen molar-refractivity contribution in [3.05, 3.63) is 34.4 Å². The molecule has 0 aliphatic rings. The number of aliphatic hydroxyl groups is 1. The molecule has 0 fully saturated rings. The fraction of sp³-hybridized carbons (Fsp3) is 0.300. The summed E-state index contributed by atoms with van der Waals surface area (Å²) in [7, 11) is 0. The molecule has 0 amide bonds. The molecule has 1 rings (SSSR count). The Bertz CT molecular complexity index is 402. The second-order valence-electron chi connectivity index (χ2n) is 2.97. The molecule has 7 heteroatoms. The van der Waals surface area contributed by atoms with Gasteiger partial charge in [0.1, 0.15) is 5.75 Å². The quantitative estimate of drug-likeness (QED) is 0.355. The number of carbonyl (C=O) groups is 1. The zero-order chi connectivity index (χ0) is 12.8. The van der Waals surface area contributed by atoms with Crippen LogP contribution in [0.2, 0.25) is 0 Å². The fourth-order valence-electron chi connectivity index (χ4n) is 1.04. The van der Waals surface area contributed by atoms with Crippen LogP contribution in [0, 0.1) is 10.1 Å². The maximum absolute atomic E-state index is 11.0. The van der Waals surface area contributed by atoms with Crippen molar-refractivity contribution in [2.24, 2.45) is 0 Å². The van der Waals surface area contributed by atoms with E-state index in [2.05, 4.69) is 4.74 Å². The van der Waals surface area contributed by atoms with E-state index in [9.17, 15) is 20.0 Å². The third kappa shape index (κ3) is 3.72. The van der Waals surface area contributed by atoms with Crippen molar-refractivity contribution < 1.29 is 24.3 Å². The fourth-order valence-corrected chi connectivity index (χ4v) is 1.04. The van der Waals surface area contributed by atoms with Gasteiger partial charge in [0, 0.05) is 12.1 Å². The molecule has 7 nitrogen and oxygen atoms in total. The van der Waals surface area contributed by atoms with E-state index >= 15 is 0 Å². The molecule has 0 aliphatic heterocycles. The van der Waals surface area contributed by atoms with E-state index in [1.54, 1.807) is 6.92 Å². The predicted octanol–water partition coefficient (Wildman–Crippen LogP) is 0.855. The summed E-state index contributed by atoms with van der Waals surface area (Å²) in [5.74, 6) is -0.776. The highest BCUT2D eigenvalue weighted by Crippen LogP contribution is 2.18. The minimum Gasteiger partial charge on any atom is -0.461 e. The summed E-state index contributed by atoms with van der Waals surface area (Å²) in [4.78, 5) is 20.8. The van der Waals surface area contributed by atoms with Crippen LogP contribution in [-0.2, 0) is 9.53 Å². The van der Waals surface area contributed by atoms with Crippen LogP contribution >= 0.6 is 0 Å². The second-order valence-corrected chi connectivity index (χ2v) is 2.97. The number of rotatable bonds is 5. The van der Waals surface area contributed by atoms with Gasteiger partial charge in [0.25, 0.3) is 12.0 Å². The third-order valence-electron chi connectivity index (χ3n) is 1.78. The van der Waals surface area contributed by atoms with Crippen LogP contribution in [0.25, 0.3) is 0 Å². The predicted molar refractivity (Wildman–Crippen MR) is 56.4 cm³/mol. The topological polar surface area (TPSA) is 98.9 Å². The number of esters is 1. The van der Waals surface area contributed by atoms with Crippen molar-refractivity contribution in [3.8, 4) is 5.75 Å². The highest BCUT2D eigenvalue weighted by Gasteiger charge is 2.18. The number of ether oxygens (including phenoxy) is 2. The Morgan fingerprint density at radius 2 is 2.06 bits per heavy atom. The van der Waals surface area contributed by atoms with Crippen LogP contribution in [0.15, 0.2) is 24.3 Å². The summed E-state index contributed by atoms with van der Waals surface area (Å²) in [6, 6.07) is 4.96. The molecule has 1 aromatic rings. The smallest absolute Gasteiger partial charge is 0.376 e. The van der Waals surface area contributed by atoms with Crippen molar-refractivity contribution in [1.82, 2.24) is 0 Å². The average molecular weight is 241 g/mol. The third-order valence-corrected chi connectivity index (χ3v) is 1.78. The van der Waals surface area contributed by atoms with Gasteiger partial charge in [0.05, 0.1) is 11.5 Å². The maximum Gasteiger partial charge on any atom is 0.376 e. The van der Waals surface area contributed by atoms with Crippen molar-refractivity contribution in [3.63, 3.8) is 0 Å². The number of nitro benzene ring substituents is 1. The highest BCUT2D eigenvalue weighted by atomic mass is 16.7. The first-order valence-corrected chi connectivity index (χ1v) is 4.80. The Labute approximate surface area is 96.7 Å².